The van der Waals surface area contributed by atoms with Crippen molar-refractivity contribution in [3.8, 4) is 0 Å². The maximum Gasteiger partial charge on any atom is 0.241 e. The van der Waals surface area contributed by atoms with E-state index in [1.807, 2.05) is 19.1 Å². The van der Waals surface area contributed by atoms with Crippen molar-refractivity contribution in [3.05, 3.63) is 95.1 Å². The average Bonchev–Trinajstić information content (AvgIpc) is 3.45. The number of nitrogens with zero attached hydrogens (tertiary/aromatic N) is 1. The summed E-state index contributed by atoms with van der Waals surface area (Å²) in [5, 5.41) is 2.64. The molecule has 1 spiro atoms. The van der Waals surface area contributed by atoms with Gasteiger partial charge in [0.15, 0.2) is 0 Å². The Kier molecular flexibility index (Phi) is 5.00. The second kappa shape index (κ2) is 8.04. The smallest absolute Gasteiger partial charge is 0.241 e. The molecule has 0 aromatic heterocycles. The van der Waals surface area contributed by atoms with Crippen LogP contribution in [0.3, 0.4) is 0 Å². The van der Waals surface area contributed by atoms with Crippen molar-refractivity contribution in [3.63, 3.8) is 0 Å². The zero-order valence-electron chi connectivity index (χ0n) is 20.1. The highest BCUT2D eigenvalue weighted by molar-refractivity contribution is 6.37. The molecule has 1 N–H and O–H groups in total. The quantitative estimate of drug-likeness (QED) is 0.440. The van der Waals surface area contributed by atoms with Crippen molar-refractivity contribution < 1.29 is 28.7 Å². The van der Waals surface area contributed by atoms with Crippen molar-refractivity contribution >= 4 is 40.7 Å². The van der Waals surface area contributed by atoms with Crippen molar-refractivity contribution in [1.29, 1.82) is 0 Å². The molecule has 2 heterocycles. The molecule has 3 aliphatic rings. The van der Waals surface area contributed by atoms with Crippen LogP contribution in [-0.4, -0.2) is 34.9 Å². The van der Waals surface area contributed by atoms with Crippen LogP contribution in [-0.2, 0) is 19.1 Å². The molecule has 1 aliphatic carbocycles. The number of fused-ring (bicyclic) bond motifs is 3. The van der Waals surface area contributed by atoms with E-state index in [0.717, 1.165) is 10.5 Å². The van der Waals surface area contributed by atoms with Crippen LogP contribution in [0.5, 0.6) is 0 Å². The molecule has 184 valence electrons. The molecule has 3 unspecified atom stereocenters. The molecule has 0 bridgehead atoms. The molecule has 3 aromatic carbocycles. The third-order valence-electron chi connectivity index (χ3n) is 7.37. The van der Waals surface area contributed by atoms with Gasteiger partial charge in [-0.15, -0.1) is 0 Å². The fraction of sp³-hybridized carbons (Fsp3) is 0.207. The minimum Gasteiger partial charge on any atom is -0.349 e. The summed E-state index contributed by atoms with van der Waals surface area (Å²) in [5.74, 6) is -5.02. The molecule has 2 aliphatic heterocycles. The molecule has 2 saturated heterocycles. The summed E-state index contributed by atoms with van der Waals surface area (Å²) in [5.41, 5.74) is 0.655. The number of imide groups is 1. The van der Waals surface area contributed by atoms with Gasteiger partial charge >= 0.3 is 0 Å². The summed E-state index contributed by atoms with van der Waals surface area (Å²) >= 11 is 0. The number of nitrogens with one attached hydrogen (secondary N) is 1. The number of hydrogen-bond acceptors (Lipinski definition) is 6. The Hall–Kier alpha value is -4.43. The van der Waals surface area contributed by atoms with Crippen LogP contribution in [0.25, 0.3) is 0 Å². The highest BCUT2D eigenvalue weighted by Gasteiger charge is 2.74. The number of ether oxygens (including phenoxy) is 1. The number of rotatable bonds is 3. The van der Waals surface area contributed by atoms with Crippen LogP contribution in [0.15, 0.2) is 72.8 Å². The Morgan fingerprint density at radius 3 is 2.00 bits per heavy atom. The first kappa shape index (κ1) is 23.0. The average molecular weight is 495 g/mol. The van der Waals surface area contributed by atoms with Gasteiger partial charge in [-0.3, -0.25) is 24.0 Å². The minimum absolute atomic E-state index is 0.189. The first-order chi connectivity index (χ1) is 17.7. The van der Waals surface area contributed by atoms with E-state index >= 15 is 0 Å². The van der Waals surface area contributed by atoms with E-state index in [0.29, 0.717) is 11.3 Å². The van der Waals surface area contributed by atoms with Gasteiger partial charge in [-0.05, 0) is 36.8 Å². The van der Waals surface area contributed by atoms with Crippen molar-refractivity contribution in [2.45, 2.75) is 25.6 Å². The van der Waals surface area contributed by atoms with Gasteiger partial charge in [0.2, 0.25) is 34.9 Å². The van der Waals surface area contributed by atoms with Gasteiger partial charge in [0.05, 0.1) is 23.6 Å². The summed E-state index contributed by atoms with van der Waals surface area (Å²) in [6, 6.07) is 19.9. The number of benzene rings is 3. The van der Waals surface area contributed by atoms with Crippen molar-refractivity contribution in [2.24, 2.45) is 11.8 Å². The zero-order chi connectivity index (χ0) is 26.1. The number of Topliss-reactive ketones (excluding diaryl/α,β-unsaturated/α-hetero) is 2. The van der Waals surface area contributed by atoms with Crippen LogP contribution >= 0.6 is 0 Å². The van der Waals surface area contributed by atoms with E-state index < -0.39 is 46.9 Å². The van der Waals surface area contributed by atoms with Gasteiger partial charge in [0.1, 0.15) is 0 Å². The first-order valence-electron chi connectivity index (χ1n) is 11.9. The summed E-state index contributed by atoms with van der Waals surface area (Å²) in [4.78, 5) is 67.8. The van der Waals surface area contributed by atoms with Crippen LogP contribution < -0.4 is 10.2 Å². The number of carbonyl (C=O) groups excluding carboxylic acids is 5. The van der Waals surface area contributed by atoms with Gasteiger partial charge in [-0.1, -0.05) is 54.1 Å². The fourth-order valence-corrected chi connectivity index (χ4v) is 5.73. The Bertz CT molecular complexity index is 1470. The molecule has 2 fully saturated rings. The fourth-order valence-electron chi connectivity index (χ4n) is 5.73. The summed E-state index contributed by atoms with van der Waals surface area (Å²) < 4.78 is 6.28. The lowest BCUT2D eigenvalue weighted by atomic mass is 9.77. The lowest BCUT2D eigenvalue weighted by molar-refractivity contribution is -0.127. The monoisotopic (exact) mass is 494 g/mol. The van der Waals surface area contributed by atoms with Crippen LogP contribution in [0.2, 0.25) is 0 Å². The van der Waals surface area contributed by atoms with E-state index in [-0.39, 0.29) is 22.7 Å². The number of ketones is 2. The number of amides is 3. The number of aryl methyl sites for hydroxylation is 1. The van der Waals surface area contributed by atoms with Gasteiger partial charge in [-0.25, -0.2) is 4.90 Å². The van der Waals surface area contributed by atoms with E-state index in [2.05, 4.69) is 5.32 Å². The second-order valence-corrected chi connectivity index (χ2v) is 9.63. The predicted molar refractivity (Wildman–Crippen MR) is 133 cm³/mol. The van der Waals surface area contributed by atoms with Gasteiger partial charge in [-0.2, -0.15) is 0 Å². The van der Waals surface area contributed by atoms with Crippen LogP contribution in [0.1, 0.15) is 44.9 Å². The number of anilines is 2. The maximum atomic E-state index is 13.9. The highest BCUT2D eigenvalue weighted by atomic mass is 16.5. The zero-order valence-corrected chi connectivity index (χ0v) is 20.1. The Balaban J connectivity index is 1.48. The Morgan fingerprint density at radius 2 is 1.43 bits per heavy atom. The Morgan fingerprint density at radius 1 is 0.838 bits per heavy atom. The normalized spacial score (nSPS) is 23.5. The Labute approximate surface area is 212 Å². The molecule has 3 amide bonds. The largest absolute Gasteiger partial charge is 0.349 e. The standard InChI is InChI=1S/C29H22N2O6/c1-15-7-9-17(10-8-15)24-22-23(29(37-24)25(33)20-5-3-4-6-21(20)26(29)34)28(36)31(27(22)35)19-13-11-18(12-14-19)30-16(2)32/h3-14,22-24H,1-2H3,(H,30,32). The van der Waals surface area contributed by atoms with E-state index in [1.165, 1.54) is 6.92 Å². The second-order valence-electron chi connectivity index (χ2n) is 9.63. The summed E-state index contributed by atoms with van der Waals surface area (Å²) in [7, 11) is 0. The number of hydrogen-bond donors (Lipinski definition) is 1. The molecule has 6 rings (SSSR count). The minimum atomic E-state index is -2.11. The SMILES string of the molecule is CC(=O)Nc1ccc(N2C(=O)C3C(c4ccc(C)cc4)OC4(C(=O)c5ccccc5C4=O)C3C2=O)cc1. The van der Waals surface area contributed by atoms with Gasteiger partial charge in [0.25, 0.3) is 0 Å². The predicted octanol–water partition coefficient (Wildman–Crippen LogP) is 3.65. The third-order valence-corrected chi connectivity index (χ3v) is 7.37. The molecule has 3 aromatic rings. The third kappa shape index (κ3) is 3.15. The lowest BCUT2D eigenvalue weighted by Crippen LogP contribution is -2.51. The molecule has 8 heteroatoms. The molecular formula is C29H22N2O6. The molecule has 3 atom stereocenters. The summed E-state index contributed by atoms with van der Waals surface area (Å²) in [6.45, 7) is 3.29. The van der Waals surface area contributed by atoms with Crippen molar-refractivity contribution in [2.75, 3.05) is 10.2 Å². The molecule has 0 radical (unpaired) electrons. The highest BCUT2D eigenvalue weighted by Crippen LogP contribution is 2.57. The molecular weight excluding hydrogens is 472 g/mol. The van der Waals surface area contributed by atoms with E-state index in [9.17, 15) is 24.0 Å². The van der Waals surface area contributed by atoms with Gasteiger partial charge in [0, 0.05) is 23.7 Å². The van der Waals surface area contributed by atoms with Gasteiger partial charge < -0.3 is 10.1 Å². The topological polar surface area (TPSA) is 110 Å². The van der Waals surface area contributed by atoms with Crippen molar-refractivity contribution in [1.82, 2.24) is 0 Å². The molecule has 37 heavy (non-hydrogen) atoms. The first-order valence-corrected chi connectivity index (χ1v) is 11.9. The summed E-state index contributed by atoms with van der Waals surface area (Å²) in [6.07, 6.45) is -0.965. The van der Waals surface area contributed by atoms with Crippen LogP contribution in [0.4, 0.5) is 11.4 Å². The lowest BCUT2D eigenvalue weighted by Gasteiger charge is -2.27. The van der Waals surface area contributed by atoms with E-state index in [1.54, 1.807) is 60.7 Å². The maximum absolute atomic E-state index is 13.9. The number of carbonyl (C=O) groups is 5. The van der Waals surface area contributed by atoms with Crippen LogP contribution in [0, 0.1) is 18.8 Å². The molecule has 0 saturated carbocycles. The molecule has 8 nitrogen and oxygen atoms in total. The van der Waals surface area contributed by atoms with E-state index in [4.69, 9.17) is 4.74 Å².